The number of halogens is 11. The van der Waals surface area contributed by atoms with E-state index in [1.54, 1.807) is 66.0 Å². The number of carbonyl (C=O) groups is 9. The zero-order chi connectivity index (χ0) is 104. The largest absolute Gasteiger partial charge is 0.444 e. The van der Waals surface area contributed by atoms with Gasteiger partial charge in [0.05, 0.1) is 181 Å². The van der Waals surface area contributed by atoms with Crippen molar-refractivity contribution in [3.05, 3.63) is 206 Å². The van der Waals surface area contributed by atoms with Crippen LogP contribution >= 0.6 is 34.2 Å². The number of ether oxygens (including phenoxy) is 4. The Bertz CT molecular complexity index is 6220. The van der Waals surface area contributed by atoms with Crippen LogP contribution in [0.3, 0.4) is 0 Å². The van der Waals surface area contributed by atoms with Crippen molar-refractivity contribution >= 4 is 122 Å². The van der Waals surface area contributed by atoms with Crippen LogP contribution in [-0.2, 0) is 97.0 Å². The third-order valence-electron chi connectivity index (χ3n) is 22.5. The zero-order valence-electron chi connectivity index (χ0n) is 80.1. The maximum absolute atomic E-state index is 13.9. The molecule has 0 radical (unpaired) electrons. The van der Waals surface area contributed by atoms with Crippen molar-refractivity contribution < 1.29 is 102 Å². The van der Waals surface area contributed by atoms with Crippen molar-refractivity contribution in [1.82, 2.24) is 93.9 Å². The summed E-state index contributed by atoms with van der Waals surface area (Å²) in [6.07, 6.45) is 12.4. The molecular weight excluding hydrogens is 2020 g/mol. The van der Waals surface area contributed by atoms with Gasteiger partial charge in [0.2, 0.25) is 29.5 Å². The van der Waals surface area contributed by atoms with Crippen molar-refractivity contribution in [2.24, 2.45) is 11.5 Å². The van der Waals surface area contributed by atoms with E-state index in [0.29, 0.717) is 94.4 Å². The highest BCUT2D eigenvalue weighted by molar-refractivity contribution is 14.1. The van der Waals surface area contributed by atoms with Gasteiger partial charge in [-0.15, -0.1) is 0 Å². The lowest BCUT2D eigenvalue weighted by Gasteiger charge is -2.36. The van der Waals surface area contributed by atoms with Crippen molar-refractivity contribution in [3.8, 4) is 5.75 Å². The normalized spacial score (nSPS) is 19.4. The van der Waals surface area contributed by atoms with E-state index in [0.717, 1.165) is 63.6 Å². The number of para-hydroxylation sites is 1. The van der Waals surface area contributed by atoms with Crippen LogP contribution in [0.15, 0.2) is 117 Å². The summed E-state index contributed by atoms with van der Waals surface area (Å²) >= 11 is 7.43. The highest BCUT2D eigenvalue weighted by Crippen LogP contribution is 2.37. The van der Waals surface area contributed by atoms with Gasteiger partial charge >= 0.3 is 24.4 Å². The number of rotatable bonds is 11. The summed E-state index contributed by atoms with van der Waals surface area (Å²) in [6.45, 7) is 29.6. The molecule has 143 heavy (non-hydrogen) atoms. The third kappa shape index (κ3) is 28.5. The van der Waals surface area contributed by atoms with Crippen LogP contribution in [-0.4, -0.2) is 234 Å². The number of anilines is 6. The first-order valence-electron chi connectivity index (χ1n) is 45.1. The number of benzene rings is 3. The summed E-state index contributed by atoms with van der Waals surface area (Å²) in [5, 5.41) is 27.9. The highest BCUT2D eigenvalue weighted by atomic mass is 127. The van der Waals surface area contributed by atoms with E-state index in [1.807, 2.05) is 110 Å². The molecule has 0 saturated carbocycles. The standard InChI is InChI=1S/C23H21F4N7O2.C20H26FN7O3.C16H25N5O3.C13H8F3NO2.C12H18IN3O2.C4H2ClFN2.C4H8N2O/c1-12-8-34-19(10-32(12)20(35)4-13-2-15(24)22(27)16(25)3-13)18(7-30-34)33-9-14(5-21(33)36)31-23-17(26)6-28-11-29-23;1-12-8-28-16(10-26(12)19(30)31-20(2,3)4)15(7-24-28)27-9-13(5-17(27)29)25-18-14(21)6-22-11-23-18;1-10-7-21-13(9-19(10)15(23)24-16(2,3)4)12(6-18-21)20-8-11(17)5-14(20)22;14-10-6-8(7-11(15)12(10)16)17-13(18)19-9-4-2-1-3-5-9;1-8-6-16-10(9(13)5-14-16)7-15(8)11(17)18-12(2,3)4;5-4-3(6)1-7-2-8-4;5-3-1-4(7)6-2-3/h2-3,6-7,11-12,14H,4-5,8-10H2,1H3,(H,28,29,31);6-7,11-13H,5,8-10H2,1-4H3,(H,22,23,25);6,10-11H,5,7-9,17H2,1-4H3;1-7H,(H,17,18);5,8H,6-7H2,1-4H3;1-2H;3H,1-2,5H2,(H,6,7)/t12-,14?;12-,13?;10-,11?;;8-;;/m000.0../s1. The molecule has 9 amide bonds. The predicted molar refractivity (Wildman–Crippen MR) is 508 cm³/mol. The molecule has 15 heterocycles. The first kappa shape index (κ1) is 108. The van der Waals surface area contributed by atoms with Crippen LogP contribution in [0, 0.1) is 55.9 Å². The van der Waals surface area contributed by atoms with E-state index in [1.165, 1.54) is 40.9 Å². The Balaban J connectivity index is 0.000000156. The van der Waals surface area contributed by atoms with Crippen LogP contribution in [0.1, 0.15) is 144 Å². The van der Waals surface area contributed by atoms with Gasteiger partial charge in [-0.2, -0.15) is 20.4 Å². The van der Waals surface area contributed by atoms with Crippen LogP contribution < -0.4 is 52.2 Å². The van der Waals surface area contributed by atoms with E-state index >= 15 is 0 Å². The fourth-order valence-electron chi connectivity index (χ4n) is 15.8. The fourth-order valence-corrected chi connectivity index (χ4v) is 16.4. The van der Waals surface area contributed by atoms with E-state index < -0.39 is 93.3 Å². The number of hydrogen-bond acceptors (Lipinski definition) is 27. The lowest BCUT2D eigenvalue weighted by atomic mass is 10.1. The van der Waals surface area contributed by atoms with Crippen molar-refractivity contribution in [2.45, 2.75) is 240 Å². The van der Waals surface area contributed by atoms with Gasteiger partial charge in [-0.3, -0.25) is 62.7 Å². The van der Waals surface area contributed by atoms with Gasteiger partial charge in [-0.25, -0.2) is 88.6 Å². The Morgan fingerprint density at radius 1 is 0.462 bits per heavy atom. The lowest BCUT2D eigenvalue weighted by Crippen LogP contribution is -2.47. The summed E-state index contributed by atoms with van der Waals surface area (Å²) in [6, 6.07) is 9.91. The van der Waals surface area contributed by atoms with Crippen molar-refractivity contribution in [1.29, 1.82) is 0 Å². The molecule has 51 heteroatoms. The smallest absolute Gasteiger partial charge is 0.417 e. The summed E-state index contributed by atoms with van der Waals surface area (Å²) in [5.41, 5.74) is 14.7. The van der Waals surface area contributed by atoms with Gasteiger partial charge < -0.3 is 66.0 Å². The number of aromatic nitrogens is 14. The number of fused-ring (bicyclic) bond motifs is 4. The zero-order valence-corrected chi connectivity index (χ0v) is 83.0. The van der Waals surface area contributed by atoms with E-state index in [-0.39, 0.29) is 151 Å². The second-order valence-corrected chi connectivity index (χ2v) is 38.9. The molecule has 10 aromatic rings. The molecule has 0 bridgehead atoms. The number of nitrogens with zero attached hydrogens (tertiary/aromatic N) is 21. The Morgan fingerprint density at radius 2 is 0.839 bits per heavy atom. The Kier molecular flexibility index (Phi) is 35.0. The summed E-state index contributed by atoms with van der Waals surface area (Å²) in [4.78, 5) is 143. The molecule has 4 saturated heterocycles. The average Bonchev–Trinajstić information content (AvgIpc) is 1.62. The number of amides is 9. The maximum atomic E-state index is 13.9. The van der Waals surface area contributed by atoms with Gasteiger partial charge in [-0.1, -0.05) is 29.8 Å². The fraction of sp³-hybridized carbons (Fsp3) is 0.446. The number of carbonyl (C=O) groups excluding carboxylic acids is 9. The van der Waals surface area contributed by atoms with Gasteiger partial charge in [0.15, 0.2) is 69.1 Å². The van der Waals surface area contributed by atoms with Gasteiger partial charge in [0.25, 0.3) is 0 Å². The monoisotopic (exact) mass is 2130 g/mol. The molecule has 8 aliphatic heterocycles. The van der Waals surface area contributed by atoms with Gasteiger partial charge in [-0.05, 0) is 142 Å². The molecule has 4 unspecified atom stereocenters. The van der Waals surface area contributed by atoms with Crippen molar-refractivity contribution in [2.75, 3.05) is 56.8 Å². The van der Waals surface area contributed by atoms with Crippen LogP contribution in [0.5, 0.6) is 5.75 Å². The molecule has 8 N–H and O–H groups in total. The first-order chi connectivity index (χ1) is 67.4. The molecule has 0 aliphatic carbocycles. The molecule has 4 fully saturated rings. The second-order valence-electron chi connectivity index (χ2n) is 37.4. The molecule has 7 aromatic heterocycles. The van der Waals surface area contributed by atoms with Gasteiger partial charge in [0.1, 0.15) is 41.5 Å². The summed E-state index contributed by atoms with van der Waals surface area (Å²) in [5.74, 6) is -10.8. The number of nitrogens with one attached hydrogen (secondary N) is 4. The van der Waals surface area contributed by atoms with Crippen molar-refractivity contribution in [3.63, 3.8) is 0 Å². The molecule has 8 atom stereocenters. The SMILES string of the molecule is C[C@H]1Cn2ncc(I)c2CN1C(=O)OC(C)(C)C.C[C@H]1Cn2ncc(N3CC(N)CC3=O)c2CN1C(=O)OC(C)(C)C.C[C@H]1Cn2ncc(N3CC(Nc4ncncc4F)CC3=O)c2CN1C(=O)Cc1cc(F)c(F)c(F)c1.C[C@H]1Cn2ncc(N3CC(Nc4ncncc4F)CC3=O)c2CN1C(=O)OC(C)(C)C.Fc1cncnc1Cl.NC1CNC(=O)C1.O=C(Nc1cc(F)c(F)c(F)c1)Oc1ccccc1. The predicted octanol–water partition coefficient (Wildman–Crippen LogP) is 12.1. The summed E-state index contributed by atoms with van der Waals surface area (Å²) in [7, 11) is 0. The molecule has 8 aliphatic rings. The molecule has 40 nitrogen and oxygen atoms in total. The topological polar surface area (TPSA) is 462 Å². The number of hydrogen-bond donors (Lipinski definition) is 6. The lowest BCUT2D eigenvalue weighted by molar-refractivity contribution is -0.134. The molecular formula is C92H108ClF9IN27O13. The number of nitrogens with two attached hydrogens (primary N) is 2. The summed E-state index contributed by atoms with van der Waals surface area (Å²) < 4.78 is 149. The second kappa shape index (κ2) is 46.4. The average molecular weight is 2130 g/mol. The van der Waals surface area contributed by atoms with E-state index in [4.69, 9.17) is 42.0 Å². The van der Waals surface area contributed by atoms with Gasteiger partial charge in [0, 0.05) is 82.1 Å². The molecule has 766 valence electrons. The first-order valence-corrected chi connectivity index (χ1v) is 46.6. The minimum atomic E-state index is -1.60. The van der Waals surface area contributed by atoms with E-state index in [2.05, 4.69) is 94.2 Å². The molecule has 0 spiro atoms. The Hall–Kier alpha value is -13.9. The third-order valence-corrected chi connectivity index (χ3v) is 23.7. The molecule has 3 aromatic carbocycles. The minimum absolute atomic E-state index is 0.000685. The van der Waals surface area contributed by atoms with Crippen LogP contribution in [0.4, 0.5) is 93.1 Å². The maximum Gasteiger partial charge on any atom is 0.417 e. The molecule has 18 rings (SSSR count). The quantitative estimate of drug-likeness (QED) is 0.0230. The van der Waals surface area contributed by atoms with Crippen LogP contribution in [0.25, 0.3) is 0 Å². The van der Waals surface area contributed by atoms with Crippen LogP contribution in [0.2, 0.25) is 5.15 Å². The Labute approximate surface area is 833 Å². The minimum Gasteiger partial charge on any atom is -0.444 e. The Morgan fingerprint density at radius 3 is 1.21 bits per heavy atom. The highest BCUT2D eigenvalue weighted by Gasteiger charge is 2.43. The van der Waals surface area contributed by atoms with E-state index in [9.17, 15) is 82.7 Å².